The number of imidazole rings is 1. The summed E-state index contributed by atoms with van der Waals surface area (Å²) in [6.45, 7) is 5.74. The molecule has 0 radical (unpaired) electrons. The zero-order chi connectivity index (χ0) is 9.59. The predicted octanol–water partition coefficient (Wildman–Crippen LogP) is 0.632. The Kier molecular flexibility index (Phi) is 1.48. The summed E-state index contributed by atoms with van der Waals surface area (Å²) in [5, 5.41) is 7.78. The van der Waals surface area contributed by atoms with E-state index in [1.54, 1.807) is 0 Å². The first kappa shape index (κ1) is 7.97. The van der Waals surface area contributed by atoms with E-state index in [2.05, 4.69) is 15.2 Å². The van der Waals surface area contributed by atoms with Crippen LogP contribution in [0.5, 0.6) is 0 Å². The third-order valence-electron chi connectivity index (χ3n) is 2.09. The zero-order valence-electron chi connectivity index (χ0n) is 7.87. The lowest BCUT2D eigenvalue weighted by atomic mass is 10.3. The van der Waals surface area contributed by atoms with Gasteiger partial charge in [-0.3, -0.25) is 4.40 Å². The summed E-state index contributed by atoms with van der Waals surface area (Å²) in [4.78, 5) is 4.31. The molecule has 0 amide bonds. The quantitative estimate of drug-likeness (QED) is 0.640. The fraction of sp³-hybridized carbons (Fsp3) is 0.375. The fourth-order valence-corrected chi connectivity index (χ4v) is 1.59. The summed E-state index contributed by atoms with van der Waals surface area (Å²) in [5.41, 5.74) is 8.45. The summed E-state index contributed by atoms with van der Waals surface area (Å²) in [6.07, 6.45) is 0. The van der Waals surface area contributed by atoms with Crippen LogP contribution >= 0.6 is 0 Å². The highest BCUT2D eigenvalue weighted by molar-refractivity contribution is 5.58. The molecule has 0 saturated heterocycles. The Morgan fingerprint density at radius 2 is 1.77 bits per heavy atom. The largest absolute Gasteiger partial charge is 0.368 e. The number of aromatic nitrogens is 4. The molecule has 2 heterocycles. The topological polar surface area (TPSA) is 69.1 Å². The number of rotatable bonds is 0. The molecule has 0 saturated carbocycles. The molecule has 0 atom stereocenters. The van der Waals surface area contributed by atoms with Crippen LogP contribution in [0.25, 0.3) is 5.52 Å². The summed E-state index contributed by atoms with van der Waals surface area (Å²) >= 11 is 0. The summed E-state index contributed by atoms with van der Waals surface area (Å²) in [6, 6.07) is 0. The second-order valence-corrected chi connectivity index (χ2v) is 3.07. The van der Waals surface area contributed by atoms with E-state index in [4.69, 9.17) is 5.73 Å². The van der Waals surface area contributed by atoms with Crippen LogP contribution < -0.4 is 5.73 Å². The maximum atomic E-state index is 5.69. The Balaban J connectivity index is 3.03. The second-order valence-electron chi connectivity index (χ2n) is 3.07. The molecule has 13 heavy (non-hydrogen) atoms. The number of anilines is 1. The van der Waals surface area contributed by atoms with Crippen molar-refractivity contribution >= 4 is 11.5 Å². The molecule has 0 aliphatic heterocycles. The molecular formula is C8H11N5. The van der Waals surface area contributed by atoms with Gasteiger partial charge in [-0.15, -0.1) is 10.2 Å². The summed E-state index contributed by atoms with van der Waals surface area (Å²) < 4.78 is 1.82. The van der Waals surface area contributed by atoms with Crippen molar-refractivity contribution in [2.45, 2.75) is 20.8 Å². The molecule has 2 rings (SSSR count). The predicted molar refractivity (Wildman–Crippen MR) is 49.4 cm³/mol. The lowest BCUT2D eigenvalue weighted by Gasteiger charge is -2.01. The number of hydrogen-bond donors (Lipinski definition) is 1. The molecule has 0 aliphatic rings. The normalized spacial score (nSPS) is 11.0. The van der Waals surface area contributed by atoms with Gasteiger partial charge in [0.2, 0.25) is 5.95 Å². The molecule has 0 spiro atoms. The van der Waals surface area contributed by atoms with E-state index in [9.17, 15) is 0 Å². The van der Waals surface area contributed by atoms with E-state index in [1.165, 1.54) is 0 Å². The highest BCUT2D eigenvalue weighted by Crippen LogP contribution is 2.16. The first-order chi connectivity index (χ1) is 6.11. The van der Waals surface area contributed by atoms with E-state index in [0.717, 1.165) is 22.7 Å². The van der Waals surface area contributed by atoms with Crippen molar-refractivity contribution in [1.82, 2.24) is 19.6 Å². The third-order valence-corrected chi connectivity index (χ3v) is 2.09. The smallest absolute Gasteiger partial charge is 0.226 e. The van der Waals surface area contributed by atoms with E-state index in [1.807, 2.05) is 25.2 Å². The van der Waals surface area contributed by atoms with Gasteiger partial charge in [0.25, 0.3) is 0 Å². The average Bonchev–Trinajstić information content (AvgIpc) is 2.36. The highest BCUT2D eigenvalue weighted by atomic mass is 15.3. The van der Waals surface area contributed by atoms with Gasteiger partial charge in [-0.1, -0.05) is 0 Å². The fourth-order valence-electron chi connectivity index (χ4n) is 1.59. The minimum Gasteiger partial charge on any atom is -0.368 e. The lowest BCUT2D eigenvalue weighted by Crippen LogP contribution is -2.05. The Bertz CT molecular complexity index is 429. The van der Waals surface area contributed by atoms with Gasteiger partial charge in [0.1, 0.15) is 5.82 Å². The Morgan fingerprint density at radius 1 is 1.08 bits per heavy atom. The molecule has 0 fully saturated rings. The number of fused-ring (bicyclic) bond motifs is 1. The molecule has 0 aromatic carbocycles. The van der Waals surface area contributed by atoms with Gasteiger partial charge in [-0.25, -0.2) is 4.98 Å². The summed E-state index contributed by atoms with van der Waals surface area (Å²) in [5.74, 6) is 1.24. The number of hydrogen-bond acceptors (Lipinski definition) is 4. The standard InChI is InChI=1S/C8H11N5/c1-4-7-5(2)11-12-8(9)13(7)6(3)10-4/h1-3H3,(H2,9,12). The van der Waals surface area contributed by atoms with Crippen molar-refractivity contribution < 1.29 is 0 Å². The molecular weight excluding hydrogens is 166 g/mol. The maximum Gasteiger partial charge on any atom is 0.226 e. The van der Waals surface area contributed by atoms with Gasteiger partial charge in [-0.2, -0.15) is 0 Å². The van der Waals surface area contributed by atoms with Crippen LogP contribution in [0.15, 0.2) is 0 Å². The van der Waals surface area contributed by atoms with Gasteiger partial charge in [-0.05, 0) is 20.8 Å². The van der Waals surface area contributed by atoms with E-state index >= 15 is 0 Å². The first-order valence-corrected chi connectivity index (χ1v) is 4.05. The molecule has 0 bridgehead atoms. The molecule has 5 heteroatoms. The van der Waals surface area contributed by atoms with Crippen LogP contribution in [-0.4, -0.2) is 19.6 Å². The first-order valence-electron chi connectivity index (χ1n) is 4.05. The SMILES string of the molecule is Cc1nnc(N)n2c(C)nc(C)c12. The van der Waals surface area contributed by atoms with Gasteiger partial charge in [0.05, 0.1) is 16.9 Å². The van der Waals surface area contributed by atoms with Crippen LogP contribution in [0, 0.1) is 20.8 Å². The highest BCUT2D eigenvalue weighted by Gasteiger charge is 2.10. The molecule has 2 N–H and O–H groups in total. The Labute approximate surface area is 75.6 Å². The van der Waals surface area contributed by atoms with Crippen LogP contribution in [0.4, 0.5) is 5.95 Å². The van der Waals surface area contributed by atoms with Crippen molar-refractivity contribution in [2.75, 3.05) is 5.73 Å². The zero-order valence-corrected chi connectivity index (χ0v) is 7.87. The molecule has 0 unspecified atom stereocenters. The van der Waals surface area contributed by atoms with Gasteiger partial charge < -0.3 is 5.73 Å². The van der Waals surface area contributed by atoms with E-state index in [0.29, 0.717) is 5.95 Å². The van der Waals surface area contributed by atoms with E-state index < -0.39 is 0 Å². The molecule has 0 aliphatic carbocycles. The molecule has 5 nitrogen and oxygen atoms in total. The van der Waals surface area contributed by atoms with Crippen molar-refractivity contribution in [3.63, 3.8) is 0 Å². The number of nitrogen functional groups attached to an aromatic ring is 1. The third kappa shape index (κ3) is 0.965. The lowest BCUT2D eigenvalue weighted by molar-refractivity contribution is 0.910. The van der Waals surface area contributed by atoms with Crippen molar-refractivity contribution in [2.24, 2.45) is 0 Å². The molecule has 2 aromatic rings. The number of nitrogens with two attached hydrogens (primary N) is 1. The average molecular weight is 177 g/mol. The van der Waals surface area contributed by atoms with Crippen LogP contribution in [-0.2, 0) is 0 Å². The molecule has 68 valence electrons. The minimum atomic E-state index is 0.388. The second kappa shape index (κ2) is 2.42. The van der Waals surface area contributed by atoms with Crippen molar-refractivity contribution in [3.05, 3.63) is 17.2 Å². The number of nitrogens with zero attached hydrogens (tertiary/aromatic N) is 4. The van der Waals surface area contributed by atoms with Crippen LogP contribution in [0.1, 0.15) is 17.2 Å². The van der Waals surface area contributed by atoms with Crippen molar-refractivity contribution in [1.29, 1.82) is 0 Å². The van der Waals surface area contributed by atoms with Gasteiger partial charge >= 0.3 is 0 Å². The van der Waals surface area contributed by atoms with Crippen LogP contribution in [0.3, 0.4) is 0 Å². The van der Waals surface area contributed by atoms with Crippen molar-refractivity contribution in [3.8, 4) is 0 Å². The Morgan fingerprint density at radius 3 is 2.38 bits per heavy atom. The number of aryl methyl sites for hydroxylation is 3. The Hall–Kier alpha value is -1.65. The van der Waals surface area contributed by atoms with Gasteiger partial charge in [0, 0.05) is 0 Å². The van der Waals surface area contributed by atoms with Crippen LogP contribution in [0.2, 0.25) is 0 Å². The molecule has 2 aromatic heterocycles. The minimum absolute atomic E-state index is 0.388. The monoisotopic (exact) mass is 177 g/mol. The summed E-state index contributed by atoms with van der Waals surface area (Å²) in [7, 11) is 0. The van der Waals surface area contributed by atoms with Gasteiger partial charge in [0.15, 0.2) is 0 Å². The maximum absolute atomic E-state index is 5.69. The van der Waals surface area contributed by atoms with E-state index in [-0.39, 0.29) is 0 Å².